The number of aromatic nitrogens is 6. The summed E-state index contributed by atoms with van der Waals surface area (Å²) in [5, 5.41) is 48.4. The second-order valence-corrected chi connectivity index (χ2v) is 23.7. The Morgan fingerprint density at radius 3 is 2.13 bits per heavy atom. The van der Waals surface area contributed by atoms with Crippen molar-refractivity contribution < 1.29 is 43.8 Å². The Kier molecular flexibility index (Phi) is 28.6. The smallest absolute Gasteiger partial charge is 0.271 e. The van der Waals surface area contributed by atoms with Gasteiger partial charge in [-0.05, 0) is 95.4 Å². The summed E-state index contributed by atoms with van der Waals surface area (Å²) >= 11 is 9.07. The molecule has 1 aromatic carbocycles. The average molecular weight is 1250 g/mol. The van der Waals surface area contributed by atoms with Crippen LogP contribution in [0.25, 0.3) is 10.7 Å². The molecule has 7 amide bonds. The zero-order chi connectivity index (χ0) is 62.9. The summed E-state index contributed by atoms with van der Waals surface area (Å²) in [6.45, 7) is 11.2. The molecule has 0 saturated heterocycles. The maximum absolute atomic E-state index is 14.4. The number of hydrogen-bond acceptors (Lipinski definition) is 22. The summed E-state index contributed by atoms with van der Waals surface area (Å²) < 4.78 is 0.353. The van der Waals surface area contributed by atoms with Gasteiger partial charge in [0.25, 0.3) is 11.8 Å². The van der Waals surface area contributed by atoms with Gasteiger partial charge in [0.15, 0.2) is 0 Å². The third-order valence-corrected chi connectivity index (χ3v) is 15.8. The Balaban J connectivity index is 1.22. The van der Waals surface area contributed by atoms with Crippen LogP contribution in [-0.2, 0) is 43.2 Å². The first-order valence-electron chi connectivity index (χ1n) is 28.4. The zero-order valence-electron chi connectivity index (χ0n) is 48.8. The lowest BCUT2D eigenvalue weighted by Crippen LogP contribution is -2.57. The van der Waals surface area contributed by atoms with Crippen molar-refractivity contribution in [2.45, 2.75) is 122 Å². The molecule has 0 radical (unpaired) electrons. The predicted octanol–water partition coefficient (Wildman–Crippen LogP) is -0.268. The highest BCUT2D eigenvalue weighted by Gasteiger charge is 2.36. The number of primary amides is 2. The van der Waals surface area contributed by atoms with E-state index in [0.717, 1.165) is 51.9 Å². The van der Waals surface area contributed by atoms with Crippen LogP contribution in [0.15, 0.2) is 42.2 Å². The van der Waals surface area contributed by atoms with Crippen molar-refractivity contribution in [3.8, 4) is 16.5 Å². The fraction of sp³-hybridized carbons (Fsp3) is 0.527. The fourth-order valence-electron chi connectivity index (χ4n) is 8.73. The number of phenolic OH excluding ortho intramolecular Hbond substituents is 1. The molecule has 4 heterocycles. The van der Waals surface area contributed by atoms with Gasteiger partial charge >= 0.3 is 0 Å². The average Bonchev–Trinajstić information content (AvgIpc) is 1.74. The lowest BCUT2D eigenvalue weighted by Gasteiger charge is -2.31. The minimum Gasteiger partial charge on any atom is -0.508 e. The van der Waals surface area contributed by atoms with E-state index in [4.69, 9.17) is 40.3 Å². The molecule has 470 valence electrons. The number of nitrogens with zero attached hydrogens (tertiary/aromatic N) is 5. The number of unbranched alkanes of at least 4 members (excludes halogenated alkanes) is 1. The lowest BCUT2D eigenvalue weighted by atomic mass is 9.90. The van der Waals surface area contributed by atoms with Crippen molar-refractivity contribution in [2.75, 3.05) is 58.1 Å². The van der Waals surface area contributed by atoms with E-state index in [-0.39, 0.29) is 91.4 Å². The Bertz CT molecular complexity index is 3000. The molecule has 0 aliphatic carbocycles. The number of imidazole rings is 1. The molecule has 28 nitrogen and oxygen atoms in total. The maximum Gasteiger partial charge on any atom is 0.271 e. The van der Waals surface area contributed by atoms with Gasteiger partial charge in [-0.3, -0.25) is 33.6 Å². The Labute approximate surface area is 512 Å². The monoisotopic (exact) mass is 1250 g/mol. The number of halogens is 1. The number of aliphatic hydroxyl groups excluding tert-OH is 1. The molecule has 7 atom stereocenters. The lowest BCUT2D eigenvalue weighted by molar-refractivity contribution is -0.134. The fourth-order valence-corrected chi connectivity index (χ4v) is 10.8. The van der Waals surface area contributed by atoms with E-state index in [1.54, 1.807) is 17.5 Å². The highest BCUT2D eigenvalue weighted by molar-refractivity contribution is 7.17. The van der Waals surface area contributed by atoms with Crippen molar-refractivity contribution in [1.82, 2.24) is 72.4 Å². The Hall–Kier alpha value is -7.29. The third-order valence-electron chi connectivity index (χ3n) is 13.6. The normalized spacial score (nSPS) is 13.9. The number of thiazole rings is 2. The number of hydrogen-bond donors (Lipinski definition) is 16. The number of nitrogens with two attached hydrogens (primary N) is 5. The van der Waals surface area contributed by atoms with Gasteiger partial charge in [0.1, 0.15) is 55.9 Å². The molecule has 0 bridgehead atoms. The topological polar surface area (TPSA) is 467 Å². The summed E-state index contributed by atoms with van der Waals surface area (Å²) in [4.78, 5) is 118. The van der Waals surface area contributed by atoms with E-state index in [0.29, 0.717) is 44.4 Å². The van der Waals surface area contributed by atoms with E-state index >= 15 is 0 Å². The molecule has 0 spiro atoms. The maximum atomic E-state index is 14.4. The standard InChI is InChI=1S/C55H82ClN19O9S2/c1-29(2)21-36(69-53(83)39(23-33-25-64-28-68-33)71-54(84)43-30(3)47(60)75-49(74-43)37(24-41(59)77)67-26-35(58)48(61)79)45(78)31(4)50(80)70-38(22-32-9-11-34(76)12-10-32)51(81)66-20-13-42-73-44(46(56)86-42)55-72-40(27-85-55)52(82)65-19-8-18-63-16-6-5-15-62-17-7-14-57/h9-12,25,27-29,31,35-39,45,62-63,67,76,78H,5-8,13-24,26,57-58H2,1-4H3,(H2,59,77)(H2,61,79)(H,64,68)(H,65,82)(H,66,81)(H,69,83)(H,70,80)(H,71,84)(H2,60,74,75)/t31-,35-,36+,37-,38-,39-,45-/m0/s1. The number of aromatic hydroxyl groups is 1. The van der Waals surface area contributed by atoms with Crippen LogP contribution in [0, 0.1) is 18.8 Å². The van der Waals surface area contributed by atoms with Crippen LogP contribution in [0.3, 0.4) is 0 Å². The van der Waals surface area contributed by atoms with Crippen molar-refractivity contribution in [3.63, 3.8) is 0 Å². The number of H-pyrrole nitrogens is 1. The predicted molar refractivity (Wildman–Crippen MR) is 327 cm³/mol. The quantitative estimate of drug-likeness (QED) is 0.0225. The van der Waals surface area contributed by atoms with Crippen LogP contribution in [-0.4, -0.2) is 164 Å². The van der Waals surface area contributed by atoms with Crippen LogP contribution >= 0.6 is 34.3 Å². The zero-order valence-corrected chi connectivity index (χ0v) is 51.1. The van der Waals surface area contributed by atoms with E-state index in [2.05, 4.69) is 72.4 Å². The highest BCUT2D eigenvalue weighted by atomic mass is 35.5. The molecule has 21 N–H and O–H groups in total. The molecule has 0 aliphatic heterocycles. The van der Waals surface area contributed by atoms with Gasteiger partial charge in [0.2, 0.25) is 29.5 Å². The number of rotatable bonds is 39. The SMILES string of the molecule is Cc1c(N)nc([C@H](CC(N)=O)NC[C@H](N)C(N)=O)nc1C(=O)N[C@@H](Cc1cnc[nH]1)C(=O)N[C@H](CC(C)C)[C@@H](O)[C@H](C)C(=O)N[C@@H](Cc1ccc(O)cc1)C(=O)NCCc1nc(-c2nc(C(=O)NCCCNCCCCNCCCN)cs2)c(Cl)s1. The number of nitrogens with one attached hydrogen (secondary N) is 9. The largest absolute Gasteiger partial charge is 0.508 e. The first-order chi connectivity index (χ1) is 41.0. The molecule has 31 heteroatoms. The highest BCUT2D eigenvalue weighted by Crippen LogP contribution is 2.34. The summed E-state index contributed by atoms with van der Waals surface area (Å²) in [5.74, 6) is -6.47. The van der Waals surface area contributed by atoms with E-state index in [1.165, 1.54) is 61.2 Å². The minimum absolute atomic E-state index is 0.00500. The molecule has 0 saturated carbocycles. The van der Waals surface area contributed by atoms with Crippen molar-refractivity contribution in [1.29, 1.82) is 0 Å². The molecule has 0 fully saturated rings. The van der Waals surface area contributed by atoms with Gasteiger partial charge in [-0.1, -0.05) is 44.5 Å². The molecule has 0 aliphatic rings. The molecule has 5 aromatic rings. The molecule has 5 rings (SSSR count). The Morgan fingerprint density at radius 2 is 1.48 bits per heavy atom. The molecule has 86 heavy (non-hydrogen) atoms. The molecule has 0 unspecified atom stereocenters. The summed E-state index contributed by atoms with van der Waals surface area (Å²) in [5.41, 5.74) is 29.9. The number of aromatic amines is 1. The van der Waals surface area contributed by atoms with Gasteiger partial charge in [-0.15, -0.1) is 22.7 Å². The van der Waals surface area contributed by atoms with Crippen LogP contribution in [0.5, 0.6) is 5.75 Å². The van der Waals surface area contributed by atoms with Crippen molar-refractivity contribution in [2.24, 2.45) is 34.8 Å². The van der Waals surface area contributed by atoms with E-state index in [9.17, 15) is 43.8 Å². The van der Waals surface area contributed by atoms with Gasteiger partial charge in [-0.2, -0.15) is 0 Å². The third kappa shape index (κ3) is 22.5. The van der Waals surface area contributed by atoms with Crippen LogP contribution in [0.1, 0.15) is 114 Å². The van der Waals surface area contributed by atoms with Gasteiger partial charge in [0.05, 0.1) is 41.5 Å². The van der Waals surface area contributed by atoms with Gasteiger partial charge in [-0.25, -0.2) is 24.9 Å². The summed E-state index contributed by atoms with van der Waals surface area (Å²) in [7, 11) is 0. The molecular formula is C55H82ClN19O9S2. The van der Waals surface area contributed by atoms with Crippen molar-refractivity contribution >= 4 is 81.4 Å². The number of carbonyl (C=O) groups excluding carboxylic acids is 7. The number of benzene rings is 1. The van der Waals surface area contributed by atoms with E-state index in [1.807, 2.05) is 13.8 Å². The second kappa shape index (κ2) is 35.4. The molecule has 4 aromatic heterocycles. The van der Waals surface area contributed by atoms with Crippen LogP contribution in [0.2, 0.25) is 4.34 Å². The van der Waals surface area contributed by atoms with Crippen molar-refractivity contribution in [3.05, 3.63) is 85.5 Å². The number of phenols is 1. The number of carbonyl (C=O) groups is 7. The van der Waals surface area contributed by atoms with Crippen LogP contribution < -0.4 is 71.2 Å². The first kappa shape index (κ1) is 69.5. The Morgan fingerprint density at radius 1 is 0.791 bits per heavy atom. The summed E-state index contributed by atoms with van der Waals surface area (Å²) in [6.07, 6.45) is 5.03. The van der Waals surface area contributed by atoms with Gasteiger partial charge < -0.3 is 86.4 Å². The number of anilines is 1. The molecular weight excluding hydrogens is 1170 g/mol. The second-order valence-electron chi connectivity index (χ2n) is 21.1. The number of aliphatic hydroxyl groups is 1. The minimum atomic E-state index is -1.54. The number of nitrogen functional groups attached to an aromatic ring is 1. The number of amides is 7. The van der Waals surface area contributed by atoms with E-state index < -0.39 is 77.7 Å². The first-order valence-corrected chi connectivity index (χ1v) is 30.5. The summed E-state index contributed by atoms with van der Waals surface area (Å²) in [6, 6.07) is 0.278. The van der Waals surface area contributed by atoms with Crippen LogP contribution in [0.4, 0.5) is 5.82 Å². The van der Waals surface area contributed by atoms with Gasteiger partial charge in [0, 0.05) is 68.2 Å².